The summed E-state index contributed by atoms with van der Waals surface area (Å²) in [6, 6.07) is 0.139. The Morgan fingerprint density at radius 2 is 2.36 bits per heavy atom. The van der Waals surface area contributed by atoms with Crippen LogP contribution in [0.25, 0.3) is 0 Å². The predicted molar refractivity (Wildman–Crippen MR) is 56.4 cm³/mol. The molecule has 4 heteroatoms. The highest BCUT2D eigenvalue weighted by molar-refractivity contribution is 6.18. The Bertz CT molecular complexity index is 193. The molecule has 0 aromatic heterocycles. The molecule has 1 aliphatic rings. The van der Waals surface area contributed by atoms with Crippen LogP contribution in [0.1, 0.15) is 20.3 Å². The number of nitrogens with one attached hydrogen (secondary N) is 1. The third kappa shape index (κ3) is 3.14. The number of carbonyl (C=O) groups excluding carboxylic acids is 1. The van der Waals surface area contributed by atoms with Crippen LogP contribution in [-0.4, -0.2) is 31.0 Å². The number of ether oxygens (including phenoxy) is 1. The number of halogens is 1. The number of hydrogen-bond donors (Lipinski definition) is 1. The van der Waals surface area contributed by atoms with Gasteiger partial charge >= 0.3 is 0 Å². The third-order valence-electron chi connectivity index (χ3n) is 2.77. The zero-order chi connectivity index (χ0) is 10.6. The fourth-order valence-electron chi connectivity index (χ4n) is 1.36. The molecular weight excluding hydrogens is 202 g/mol. The Hall–Kier alpha value is -0.280. The van der Waals surface area contributed by atoms with Crippen LogP contribution in [0.5, 0.6) is 0 Å². The van der Waals surface area contributed by atoms with Crippen molar-refractivity contribution < 1.29 is 9.53 Å². The molecule has 0 aromatic carbocycles. The van der Waals surface area contributed by atoms with Crippen molar-refractivity contribution in [2.45, 2.75) is 26.3 Å². The zero-order valence-corrected chi connectivity index (χ0v) is 9.51. The van der Waals surface area contributed by atoms with E-state index in [2.05, 4.69) is 5.32 Å². The van der Waals surface area contributed by atoms with Gasteiger partial charge in [-0.3, -0.25) is 4.79 Å². The van der Waals surface area contributed by atoms with Gasteiger partial charge in [-0.1, -0.05) is 6.92 Å². The lowest BCUT2D eigenvalue weighted by Gasteiger charge is -2.20. The SMILES string of the molecule is CC(CCl)C(C)NC(=O)C1CCOC1. The molecule has 0 radical (unpaired) electrons. The van der Waals surface area contributed by atoms with Gasteiger partial charge in [0.05, 0.1) is 12.5 Å². The second-order valence-electron chi connectivity index (χ2n) is 3.99. The van der Waals surface area contributed by atoms with Crippen LogP contribution in [0.15, 0.2) is 0 Å². The van der Waals surface area contributed by atoms with Crippen molar-refractivity contribution in [3.05, 3.63) is 0 Å². The van der Waals surface area contributed by atoms with Crippen LogP contribution in [0.2, 0.25) is 0 Å². The molecule has 1 fully saturated rings. The number of rotatable bonds is 4. The normalized spacial score (nSPS) is 25.8. The molecule has 1 rings (SSSR count). The number of carbonyl (C=O) groups is 1. The summed E-state index contributed by atoms with van der Waals surface area (Å²) >= 11 is 5.71. The average molecular weight is 220 g/mol. The summed E-state index contributed by atoms with van der Waals surface area (Å²) in [6.45, 7) is 5.29. The van der Waals surface area contributed by atoms with E-state index in [0.717, 1.165) is 6.42 Å². The van der Waals surface area contributed by atoms with Gasteiger partial charge in [0.2, 0.25) is 5.91 Å². The van der Waals surface area contributed by atoms with E-state index >= 15 is 0 Å². The lowest BCUT2D eigenvalue weighted by atomic mass is 10.0. The fourth-order valence-corrected chi connectivity index (χ4v) is 1.63. The highest BCUT2D eigenvalue weighted by Crippen LogP contribution is 2.13. The van der Waals surface area contributed by atoms with E-state index in [0.29, 0.717) is 25.0 Å². The Kier molecular flexibility index (Phi) is 4.69. The maximum Gasteiger partial charge on any atom is 0.225 e. The van der Waals surface area contributed by atoms with Gasteiger partial charge in [0.15, 0.2) is 0 Å². The molecule has 0 saturated carbocycles. The number of alkyl halides is 1. The monoisotopic (exact) mass is 219 g/mol. The molecule has 0 spiro atoms. The van der Waals surface area contributed by atoms with Crippen LogP contribution < -0.4 is 5.32 Å². The molecule has 82 valence electrons. The van der Waals surface area contributed by atoms with Crippen molar-refractivity contribution in [1.29, 1.82) is 0 Å². The first-order valence-corrected chi connectivity index (χ1v) is 5.62. The van der Waals surface area contributed by atoms with E-state index in [1.807, 2.05) is 13.8 Å². The molecule has 1 heterocycles. The summed E-state index contributed by atoms with van der Waals surface area (Å²) in [6.07, 6.45) is 0.841. The summed E-state index contributed by atoms with van der Waals surface area (Å²) in [5, 5.41) is 2.97. The standard InChI is InChI=1S/C10H18ClNO2/c1-7(5-11)8(2)12-10(13)9-3-4-14-6-9/h7-9H,3-6H2,1-2H3,(H,12,13). The second kappa shape index (κ2) is 5.56. The van der Waals surface area contributed by atoms with E-state index in [1.165, 1.54) is 0 Å². The van der Waals surface area contributed by atoms with Gasteiger partial charge in [0.1, 0.15) is 0 Å². The van der Waals surface area contributed by atoms with Crippen LogP contribution in [-0.2, 0) is 9.53 Å². The van der Waals surface area contributed by atoms with E-state index in [4.69, 9.17) is 16.3 Å². The topological polar surface area (TPSA) is 38.3 Å². The summed E-state index contributed by atoms with van der Waals surface area (Å²) in [7, 11) is 0. The summed E-state index contributed by atoms with van der Waals surface area (Å²) in [5.41, 5.74) is 0. The van der Waals surface area contributed by atoms with Crippen LogP contribution >= 0.6 is 11.6 Å². The molecule has 0 aromatic rings. The molecule has 3 nitrogen and oxygen atoms in total. The van der Waals surface area contributed by atoms with Crippen LogP contribution in [0, 0.1) is 11.8 Å². The Labute approximate surface area is 90.1 Å². The van der Waals surface area contributed by atoms with Crippen molar-refractivity contribution in [1.82, 2.24) is 5.32 Å². The Morgan fingerprint density at radius 1 is 1.64 bits per heavy atom. The molecule has 1 amide bonds. The quantitative estimate of drug-likeness (QED) is 0.726. The highest BCUT2D eigenvalue weighted by atomic mass is 35.5. The molecule has 1 aliphatic heterocycles. The van der Waals surface area contributed by atoms with Crippen molar-refractivity contribution in [3.63, 3.8) is 0 Å². The average Bonchev–Trinajstić information content (AvgIpc) is 2.69. The van der Waals surface area contributed by atoms with Gasteiger partial charge in [-0.05, 0) is 19.3 Å². The molecule has 0 aliphatic carbocycles. The van der Waals surface area contributed by atoms with Crippen LogP contribution in [0.3, 0.4) is 0 Å². The Balaban J connectivity index is 2.31. The van der Waals surface area contributed by atoms with Gasteiger partial charge in [0.25, 0.3) is 0 Å². The molecule has 14 heavy (non-hydrogen) atoms. The van der Waals surface area contributed by atoms with E-state index in [1.54, 1.807) is 0 Å². The van der Waals surface area contributed by atoms with Gasteiger partial charge < -0.3 is 10.1 Å². The maximum atomic E-state index is 11.6. The fraction of sp³-hybridized carbons (Fsp3) is 0.900. The first-order chi connectivity index (χ1) is 6.65. The Morgan fingerprint density at radius 3 is 2.86 bits per heavy atom. The van der Waals surface area contributed by atoms with E-state index < -0.39 is 0 Å². The maximum absolute atomic E-state index is 11.6. The summed E-state index contributed by atoms with van der Waals surface area (Å²) in [5.74, 6) is 1.03. The minimum Gasteiger partial charge on any atom is -0.381 e. The summed E-state index contributed by atoms with van der Waals surface area (Å²) < 4.78 is 5.16. The minimum absolute atomic E-state index is 0.0416. The van der Waals surface area contributed by atoms with Gasteiger partial charge in [-0.2, -0.15) is 0 Å². The molecule has 1 N–H and O–H groups in total. The zero-order valence-electron chi connectivity index (χ0n) is 8.75. The molecule has 1 saturated heterocycles. The molecule has 3 atom stereocenters. The minimum atomic E-state index is 0.0416. The van der Waals surface area contributed by atoms with Crippen molar-refractivity contribution in [2.75, 3.05) is 19.1 Å². The van der Waals surface area contributed by atoms with Crippen molar-refractivity contribution in [2.24, 2.45) is 11.8 Å². The van der Waals surface area contributed by atoms with Crippen molar-refractivity contribution in [3.8, 4) is 0 Å². The van der Waals surface area contributed by atoms with Gasteiger partial charge in [0, 0.05) is 18.5 Å². The number of amides is 1. The first kappa shape index (κ1) is 11.8. The van der Waals surface area contributed by atoms with Gasteiger partial charge in [-0.15, -0.1) is 11.6 Å². The molecule has 0 bridgehead atoms. The lowest BCUT2D eigenvalue weighted by Crippen LogP contribution is -2.41. The van der Waals surface area contributed by atoms with Crippen LogP contribution in [0.4, 0.5) is 0 Å². The van der Waals surface area contributed by atoms with Crippen molar-refractivity contribution >= 4 is 17.5 Å². The second-order valence-corrected chi connectivity index (χ2v) is 4.30. The predicted octanol–water partition coefficient (Wildman–Crippen LogP) is 1.40. The molecule has 3 unspecified atom stereocenters. The molecular formula is C10H18ClNO2. The first-order valence-electron chi connectivity index (χ1n) is 5.09. The highest BCUT2D eigenvalue weighted by Gasteiger charge is 2.25. The third-order valence-corrected chi connectivity index (χ3v) is 3.25. The van der Waals surface area contributed by atoms with E-state index in [9.17, 15) is 4.79 Å². The largest absolute Gasteiger partial charge is 0.381 e. The lowest BCUT2D eigenvalue weighted by molar-refractivity contribution is -0.125. The van der Waals surface area contributed by atoms with Gasteiger partial charge in [-0.25, -0.2) is 0 Å². The smallest absolute Gasteiger partial charge is 0.225 e. The summed E-state index contributed by atoms with van der Waals surface area (Å²) in [4.78, 5) is 11.6. The van der Waals surface area contributed by atoms with E-state index in [-0.39, 0.29) is 17.9 Å². The number of hydrogen-bond acceptors (Lipinski definition) is 2.